The van der Waals surface area contributed by atoms with Crippen molar-refractivity contribution in [1.29, 1.82) is 0 Å². The number of nitrogens with one attached hydrogen (secondary N) is 2. The topological polar surface area (TPSA) is 84.5 Å². The lowest BCUT2D eigenvalue weighted by atomic mass is 10.1. The molecule has 7 heteroatoms. The zero-order chi connectivity index (χ0) is 15.4. The number of hydrogen-bond acceptors (Lipinski definition) is 4. The Hall–Kier alpha value is -2.41. The number of ether oxygens (including phenoxy) is 1. The van der Waals surface area contributed by atoms with Crippen molar-refractivity contribution in [2.45, 2.75) is 0 Å². The van der Waals surface area contributed by atoms with Gasteiger partial charge in [0.2, 0.25) is 0 Å². The third-order valence-electron chi connectivity index (χ3n) is 2.57. The van der Waals surface area contributed by atoms with Crippen molar-refractivity contribution in [1.82, 2.24) is 10.6 Å². The number of imide groups is 2. The monoisotopic (exact) mass is 350 g/mol. The van der Waals surface area contributed by atoms with Crippen LogP contribution in [0.25, 0.3) is 6.08 Å². The standard InChI is InChI=1S/C14H11BrN2O4/c1-2-5-21-11-4-3-8(7-10(11)15)6-9-12(18)16-14(20)17-13(9)19/h2-4,6-7H,1,5H2,(H2,16,17,18,19,20). The zero-order valence-corrected chi connectivity index (χ0v) is 12.4. The maximum Gasteiger partial charge on any atom is 0.328 e. The molecule has 0 radical (unpaired) electrons. The van der Waals surface area contributed by atoms with E-state index < -0.39 is 17.8 Å². The average Bonchev–Trinajstić information content (AvgIpc) is 2.42. The largest absolute Gasteiger partial charge is 0.488 e. The molecule has 0 spiro atoms. The number of carbonyl (C=O) groups is 3. The van der Waals surface area contributed by atoms with Crippen LogP contribution in [0.1, 0.15) is 5.56 Å². The summed E-state index contributed by atoms with van der Waals surface area (Å²) in [6.07, 6.45) is 3.01. The number of barbiturate groups is 1. The van der Waals surface area contributed by atoms with Crippen LogP contribution in [0.5, 0.6) is 5.75 Å². The lowest BCUT2D eigenvalue weighted by Crippen LogP contribution is -2.51. The van der Waals surface area contributed by atoms with Crippen molar-refractivity contribution in [2.75, 3.05) is 6.61 Å². The molecule has 0 bridgehead atoms. The Bertz CT molecular complexity index is 645. The quantitative estimate of drug-likeness (QED) is 0.492. The molecule has 1 aromatic rings. The molecule has 1 fully saturated rings. The van der Waals surface area contributed by atoms with Gasteiger partial charge in [-0.25, -0.2) is 4.79 Å². The lowest BCUT2D eigenvalue weighted by molar-refractivity contribution is -0.123. The first-order chi connectivity index (χ1) is 10.0. The molecule has 0 aliphatic carbocycles. The molecule has 0 saturated carbocycles. The molecule has 21 heavy (non-hydrogen) atoms. The van der Waals surface area contributed by atoms with Crippen molar-refractivity contribution in [2.24, 2.45) is 0 Å². The highest BCUT2D eigenvalue weighted by molar-refractivity contribution is 9.10. The zero-order valence-electron chi connectivity index (χ0n) is 10.8. The third kappa shape index (κ3) is 3.57. The molecule has 6 nitrogen and oxygen atoms in total. The van der Waals surface area contributed by atoms with Crippen molar-refractivity contribution in [3.05, 3.63) is 46.5 Å². The van der Waals surface area contributed by atoms with Crippen LogP contribution in [-0.4, -0.2) is 24.5 Å². The number of hydrogen-bond donors (Lipinski definition) is 2. The minimum atomic E-state index is -0.823. The number of halogens is 1. The SMILES string of the molecule is C=CCOc1ccc(C=C2C(=O)NC(=O)NC2=O)cc1Br. The number of urea groups is 1. The van der Waals surface area contributed by atoms with Crippen LogP contribution in [0.3, 0.4) is 0 Å². The van der Waals surface area contributed by atoms with Crippen LogP contribution in [-0.2, 0) is 9.59 Å². The average molecular weight is 351 g/mol. The van der Waals surface area contributed by atoms with E-state index in [2.05, 4.69) is 22.5 Å². The van der Waals surface area contributed by atoms with E-state index in [4.69, 9.17) is 4.74 Å². The van der Waals surface area contributed by atoms with Crippen molar-refractivity contribution < 1.29 is 19.1 Å². The van der Waals surface area contributed by atoms with Gasteiger partial charge in [0.25, 0.3) is 11.8 Å². The number of carbonyl (C=O) groups excluding carboxylic acids is 3. The van der Waals surface area contributed by atoms with E-state index in [9.17, 15) is 14.4 Å². The van der Waals surface area contributed by atoms with Gasteiger partial charge >= 0.3 is 6.03 Å². The van der Waals surface area contributed by atoms with Crippen molar-refractivity contribution in [3.63, 3.8) is 0 Å². The second-order valence-corrected chi connectivity index (χ2v) is 4.94. The highest BCUT2D eigenvalue weighted by Crippen LogP contribution is 2.27. The van der Waals surface area contributed by atoms with Crippen LogP contribution < -0.4 is 15.4 Å². The second kappa shape index (κ2) is 6.36. The van der Waals surface area contributed by atoms with Crippen LogP contribution in [0.2, 0.25) is 0 Å². The molecule has 2 N–H and O–H groups in total. The fraction of sp³-hybridized carbons (Fsp3) is 0.0714. The van der Waals surface area contributed by atoms with Gasteiger partial charge in [0, 0.05) is 0 Å². The second-order valence-electron chi connectivity index (χ2n) is 4.08. The molecule has 1 aliphatic heterocycles. The van der Waals surface area contributed by atoms with Gasteiger partial charge in [-0.05, 0) is 39.7 Å². The maximum atomic E-state index is 11.6. The molecule has 2 rings (SSSR count). The summed E-state index contributed by atoms with van der Waals surface area (Å²) in [7, 11) is 0. The molecule has 108 valence electrons. The molecule has 1 aromatic carbocycles. The van der Waals surface area contributed by atoms with Crippen LogP contribution in [0, 0.1) is 0 Å². The van der Waals surface area contributed by atoms with Gasteiger partial charge in [-0.2, -0.15) is 0 Å². The van der Waals surface area contributed by atoms with E-state index in [0.717, 1.165) is 0 Å². The number of benzene rings is 1. The van der Waals surface area contributed by atoms with E-state index in [-0.39, 0.29) is 5.57 Å². The normalized spacial score (nSPS) is 14.3. The molecule has 1 aliphatic rings. The van der Waals surface area contributed by atoms with E-state index >= 15 is 0 Å². The highest BCUT2D eigenvalue weighted by atomic mass is 79.9. The smallest absolute Gasteiger partial charge is 0.328 e. The van der Waals surface area contributed by atoms with Crippen LogP contribution in [0.15, 0.2) is 40.9 Å². The van der Waals surface area contributed by atoms with Crippen LogP contribution >= 0.6 is 15.9 Å². The Morgan fingerprint density at radius 3 is 2.43 bits per heavy atom. The van der Waals surface area contributed by atoms with Gasteiger partial charge in [-0.1, -0.05) is 18.7 Å². The fourth-order valence-corrected chi connectivity index (χ4v) is 2.16. The molecule has 4 amide bonds. The Balaban J connectivity index is 2.26. The first kappa shape index (κ1) is 15.0. The lowest BCUT2D eigenvalue weighted by Gasteiger charge is -2.14. The Labute approximate surface area is 129 Å². The molecular formula is C14H11BrN2O4. The Kier molecular flexibility index (Phi) is 4.54. The summed E-state index contributed by atoms with van der Waals surface area (Å²) >= 11 is 3.34. The summed E-state index contributed by atoms with van der Waals surface area (Å²) in [6, 6.07) is 4.26. The van der Waals surface area contributed by atoms with Gasteiger partial charge in [0.1, 0.15) is 17.9 Å². The molecular weight excluding hydrogens is 340 g/mol. The van der Waals surface area contributed by atoms with E-state index in [0.29, 0.717) is 22.4 Å². The predicted molar refractivity (Wildman–Crippen MR) is 79.5 cm³/mol. The van der Waals surface area contributed by atoms with Crippen molar-refractivity contribution >= 4 is 39.9 Å². The summed E-state index contributed by atoms with van der Waals surface area (Å²) in [5.41, 5.74) is 0.476. The summed E-state index contributed by atoms with van der Waals surface area (Å²) < 4.78 is 6.07. The number of amides is 4. The predicted octanol–water partition coefficient (Wildman–Crippen LogP) is 1.76. The summed E-state index contributed by atoms with van der Waals surface area (Å²) in [5.74, 6) is -0.844. The third-order valence-corrected chi connectivity index (χ3v) is 3.19. The van der Waals surface area contributed by atoms with Crippen molar-refractivity contribution in [3.8, 4) is 5.75 Å². The summed E-state index contributed by atoms with van der Waals surface area (Å²) in [5, 5.41) is 4.02. The molecule has 0 unspecified atom stereocenters. The minimum Gasteiger partial charge on any atom is -0.488 e. The Morgan fingerprint density at radius 2 is 1.86 bits per heavy atom. The molecule has 1 saturated heterocycles. The van der Waals surface area contributed by atoms with E-state index in [1.54, 1.807) is 24.3 Å². The highest BCUT2D eigenvalue weighted by Gasteiger charge is 2.27. The van der Waals surface area contributed by atoms with Gasteiger partial charge in [0.15, 0.2) is 0 Å². The van der Waals surface area contributed by atoms with Crippen LogP contribution in [0.4, 0.5) is 4.79 Å². The molecule has 0 aromatic heterocycles. The van der Waals surface area contributed by atoms with Gasteiger partial charge in [-0.15, -0.1) is 0 Å². The maximum absolute atomic E-state index is 11.6. The minimum absolute atomic E-state index is 0.138. The first-order valence-electron chi connectivity index (χ1n) is 5.93. The molecule has 1 heterocycles. The van der Waals surface area contributed by atoms with Gasteiger partial charge in [-0.3, -0.25) is 20.2 Å². The van der Waals surface area contributed by atoms with E-state index in [1.807, 2.05) is 10.6 Å². The van der Waals surface area contributed by atoms with Gasteiger partial charge < -0.3 is 4.74 Å². The first-order valence-corrected chi connectivity index (χ1v) is 6.72. The summed E-state index contributed by atoms with van der Waals surface area (Å²) in [4.78, 5) is 34.2. The molecule has 0 atom stereocenters. The van der Waals surface area contributed by atoms with Gasteiger partial charge in [0.05, 0.1) is 4.47 Å². The number of rotatable bonds is 4. The fourth-order valence-electron chi connectivity index (χ4n) is 1.65. The van der Waals surface area contributed by atoms with E-state index in [1.165, 1.54) is 6.08 Å². The summed E-state index contributed by atoms with van der Waals surface area (Å²) in [6.45, 7) is 3.92. The Morgan fingerprint density at radius 1 is 1.19 bits per heavy atom.